The summed E-state index contributed by atoms with van der Waals surface area (Å²) in [5.41, 5.74) is 1.38. The first-order valence-corrected chi connectivity index (χ1v) is 9.60. The van der Waals surface area contributed by atoms with Crippen molar-refractivity contribution in [1.29, 1.82) is 0 Å². The highest BCUT2D eigenvalue weighted by Gasteiger charge is 2.15. The summed E-state index contributed by atoms with van der Waals surface area (Å²) in [6, 6.07) is 9.95. The van der Waals surface area contributed by atoms with Crippen molar-refractivity contribution in [1.82, 2.24) is 19.9 Å². The molecule has 0 saturated carbocycles. The molecule has 4 rings (SSSR count). The normalized spacial score (nSPS) is 11.1. The minimum absolute atomic E-state index is 0.0567. The lowest BCUT2D eigenvalue weighted by atomic mass is 10.2. The smallest absolute Gasteiger partial charge is 0.252 e. The van der Waals surface area contributed by atoms with Crippen molar-refractivity contribution in [3.63, 3.8) is 0 Å². The van der Waals surface area contributed by atoms with Crippen LogP contribution in [-0.2, 0) is 6.42 Å². The number of halogens is 3. The topological polar surface area (TPSA) is 59.3 Å². The monoisotopic (exact) mass is 418 g/mol. The first-order chi connectivity index (χ1) is 13.5. The molecule has 0 aliphatic heterocycles. The third-order valence-corrected chi connectivity index (χ3v) is 5.28. The van der Waals surface area contributed by atoms with E-state index in [2.05, 4.69) is 15.4 Å². The van der Waals surface area contributed by atoms with Crippen LogP contribution >= 0.6 is 22.9 Å². The zero-order valence-electron chi connectivity index (χ0n) is 14.3. The molecule has 28 heavy (non-hydrogen) atoms. The van der Waals surface area contributed by atoms with Crippen LogP contribution in [0.4, 0.5) is 8.78 Å². The molecule has 0 unspecified atom stereocenters. The first-order valence-electron chi connectivity index (χ1n) is 8.34. The van der Waals surface area contributed by atoms with Gasteiger partial charge in [0.25, 0.3) is 5.91 Å². The molecule has 0 aliphatic rings. The van der Waals surface area contributed by atoms with Crippen molar-refractivity contribution in [2.75, 3.05) is 6.54 Å². The summed E-state index contributed by atoms with van der Waals surface area (Å²) < 4.78 is 28.7. The van der Waals surface area contributed by atoms with Crippen molar-refractivity contribution in [3.05, 3.63) is 75.8 Å². The summed E-state index contributed by atoms with van der Waals surface area (Å²) in [5.74, 6) is -0.958. The number of thiazole rings is 1. The Bertz CT molecular complexity index is 1170. The molecule has 0 aliphatic carbocycles. The van der Waals surface area contributed by atoms with Gasteiger partial charge in [-0.05, 0) is 30.3 Å². The third-order valence-electron chi connectivity index (χ3n) is 4.11. The fourth-order valence-corrected chi connectivity index (χ4v) is 3.84. The first kappa shape index (κ1) is 18.5. The van der Waals surface area contributed by atoms with E-state index in [1.165, 1.54) is 29.5 Å². The number of rotatable bonds is 5. The summed E-state index contributed by atoms with van der Waals surface area (Å²) in [5, 5.41) is 9.07. The molecular weight excluding hydrogens is 406 g/mol. The summed E-state index contributed by atoms with van der Waals surface area (Å²) in [4.78, 5) is 17.2. The maximum atomic E-state index is 14.0. The van der Waals surface area contributed by atoms with Gasteiger partial charge in [0.05, 0.1) is 21.8 Å². The third kappa shape index (κ3) is 3.61. The van der Waals surface area contributed by atoms with Crippen LogP contribution in [0.1, 0.15) is 16.1 Å². The second kappa shape index (κ2) is 7.65. The van der Waals surface area contributed by atoms with Gasteiger partial charge in [0.2, 0.25) is 4.96 Å². The Morgan fingerprint density at radius 3 is 2.82 bits per heavy atom. The van der Waals surface area contributed by atoms with Gasteiger partial charge < -0.3 is 5.32 Å². The number of amides is 1. The van der Waals surface area contributed by atoms with E-state index in [1.807, 2.05) is 5.38 Å². The van der Waals surface area contributed by atoms with Crippen molar-refractivity contribution in [2.45, 2.75) is 6.42 Å². The quantitative estimate of drug-likeness (QED) is 0.524. The molecular formula is C19H13ClF2N4OS. The molecule has 1 N–H and O–H groups in total. The van der Waals surface area contributed by atoms with Gasteiger partial charge in [0.15, 0.2) is 5.82 Å². The fourth-order valence-electron chi connectivity index (χ4n) is 2.73. The molecule has 2 heterocycles. The highest BCUT2D eigenvalue weighted by Crippen LogP contribution is 2.23. The lowest BCUT2D eigenvalue weighted by Gasteiger charge is -2.06. The van der Waals surface area contributed by atoms with Crippen molar-refractivity contribution in [3.8, 4) is 11.4 Å². The Morgan fingerprint density at radius 1 is 1.21 bits per heavy atom. The Morgan fingerprint density at radius 2 is 2.04 bits per heavy atom. The predicted molar refractivity (Wildman–Crippen MR) is 104 cm³/mol. The Balaban J connectivity index is 1.47. The standard InChI is InChI=1S/C19H13ClF2N4OS/c20-15-9-11(21)5-6-13(15)18(27)23-8-7-12-10-28-19-24-17(25-26(12)19)14-3-1-2-4-16(14)22/h1-6,9-10H,7-8H2,(H,23,27). The van der Waals surface area contributed by atoms with Gasteiger partial charge in [-0.15, -0.1) is 16.4 Å². The number of aromatic nitrogens is 3. The Labute approximate surface area is 167 Å². The van der Waals surface area contributed by atoms with Gasteiger partial charge in [-0.25, -0.2) is 13.3 Å². The lowest BCUT2D eigenvalue weighted by molar-refractivity contribution is 0.0954. The molecule has 0 saturated heterocycles. The predicted octanol–water partition coefficient (Wildman–Crippen LogP) is 4.36. The fraction of sp³-hybridized carbons (Fsp3) is 0.105. The highest BCUT2D eigenvalue weighted by atomic mass is 35.5. The largest absolute Gasteiger partial charge is 0.352 e. The van der Waals surface area contributed by atoms with Crippen LogP contribution in [0.25, 0.3) is 16.3 Å². The molecule has 0 bridgehead atoms. The van der Waals surface area contributed by atoms with Crippen molar-refractivity contribution in [2.24, 2.45) is 0 Å². The molecule has 0 atom stereocenters. The Kier molecular flexibility index (Phi) is 5.06. The zero-order valence-corrected chi connectivity index (χ0v) is 15.9. The van der Waals surface area contributed by atoms with Crippen LogP contribution in [0, 0.1) is 11.6 Å². The van der Waals surface area contributed by atoms with E-state index >= 15 is 0 Å². The maximum absolute atomic E-state index is 14.0. The van der Waals surface area contributed by atoms with E-state index in [9.17, 15) is 13.6 Å². The molecule has 0 radical (unpaired) electrons. The minimum atomic E-state index is -0.501. The van der Waals surface area contributed by atoms with Crippen LogP contribution < -0.4 is 5.32 Å². The average Bonchev–Trinajstić information content (AvgIpc) is 3.23. The average molecular weight is 419 g/mol. The van der Waals surface area contributed by atoms with E-state index < -0.39 is 5.82 Å². The van der Waals surface area contributed by atoms with Crippen LogP contribution in [0.15, 0.2) is 47.8 Å². The molecule has 5 nitrogen and oxygen atoms in total. The number of carbonyl (C=O) groups is 1. The Hall–Kier alpha value is -2.84. The van der Waals surface area contributed by atoms with E-state index in [4.69, 9.17) is 11.6 Å². The van der Waals surface area contributed by atoms with Crippen molar-refractivity contribution >= 4 is 33.8 Å². The van der Waals surface area contributed by atoms with Crippen molar-refractivity contribution < 1.29 is 13.6 Å². The van der Waals surface area contributed by atoms with Gasteiger partial charge in [0.1, 0.15) is 11.6 Å². The molecule has 4 aromatic rings. The van der Waals surface area contributed by atoms with Gasteiger partial charge in [-0.2, -0.15) is 4.98 Å². The second-order valence-corrected chi connectivity index (χ2v) is 7.21. The summed E-state index contributed by atoms with van der Waals surface area (Å²) in [6.07, 6.45) is 0.491. The molecule has 142 valence electrons. The molecule has 2 aromatic carbocycles. The summed E-state index contributed by atoms with van der Waals surface area (Å²) >= 11 is 7.29. The van der Waals surface area contributed by atoms with Gasteiger partial charge in [-0.1, -0.05) is 23.7 Å². The molecule has 0 fully saturated rings. The second-order valence-electron chi connectivity index (χ2n) is 5.97. The highest BCUT2D eigenvalue weighted by molar-refractivity contribution is 7.15. The number of hydrogen-bond acceptors (Lipinski definition) is 4. The van der Waals surface area contributed by atoms with E-state index in [1.54, 1.807) is 22.7 Å². The number of nitrogens with zero attached hydrogens (tertiary/aromatic N) is 3. The SMILES string of the molecule is O=C(NCCc1csc2nc(-c3ccccc3F)nn12)c1ccc(F)cc1Cl. The maximum Gasteiger partial charge on any atom is 0.252 e. The number of benzene rings is 2. The molecule has 9 heteroatoms. The summed E-state index contributed by atoms with van der Waals surface area (Å²) in [6.45, 7) is 0.327. The molecule has 1 amide bonds. The van der Waals surface area contributed by atoms with E-state index in [0.717, 1.165) is 11.8 Å². The molecule has 0 spiro atoms. The number of hydrogen-bond donors (Lipinski definition) is 1. The van der Waals surface area contributed by atoms with Crippen LogP contribution in [-0.4, -0.2) is 27.0 Å². The van der Waals surface area contributed by atoms with E-state index in [-0.39, 0.29) is 22.3 Å². The van der Waals surface area contributed by atoms with Gasteiger partial charge in [-0.3, -0.25) is 4.79 Å². The van der Waals surface area contributed by atoms with Crippen LogP contribution in [0.2, 0.25) is 5.02 Å². The van der Waals surface area contributed by atoms with Gasteiger partial charge in [0, 0.05) is 18.3 Å². The van der Waals surface area contributed by atoms with Crippen LogP contribution in [0.3, 0.4) is 0 Å². The van der Waals surface area contributed by atoms with Crippen LogP contribution in [0.5, 0.6) is 0 Å². The lowest BCUT2D eigenvalue weighted by Crippen LogP contribution is -2.26. The van der Waals surface area contributed by atoms with E-state index in [0.29, 0.717) is 29.3 Å². The number of carbonyl (C=O) groups excluding carboxylic acids is 1. The van der Waals surface area contributed by atoms with Gasteiger partial charge >= 0.3 is 0 Å². The number of fused-ring (bicyclic) bond motifs is 1. The molecule has 2 aromatic heterocycles. The summed E-state index contributed by atoms with van der Waals surface area (Å²) in [7, 11) is 0. The number of nitrogens with one attached hydrogen (secondary N) is 1. The minimum Gasteiger partial charge on any atom is -0.352 e. The zero-order chi connectivity index (χ0) is 19.7.